The van der Waals surface area contributed by atoms with E-state index in [9.17, 15) is 4.79 Å². The van der Waals surface area contributed by atoms with Gasteiger partial charge in [0.15, 0.2) is 11.6 Å². The second kappa shape index (κ2) is 13.6. The van der Waals surface area contributed by atoms with Crippen LogP contribution in [0.2, 0.25) is 0 Å². The number of aliphatic hydroxyl groups excluding tert-OH is 1. The van der Waals surface area contributed by atoms with Crippen LogP contribution in [0.3, 0.4) is 0 Å². The standard InChI is InChI=1S/C30H34N6O4/c1-21(2)20-32-35-29(38)30(19-24-11-6-7-12-26(24)34-36-31)27(22-9-4-3-5-10-22)40-28(33-30)23-13-15-25(16-14-23)39-18-8-17-37/h3-7,9-16,21,27,32,37H,8,17-20H2,1-2H3,(H,35,38)/t27-,30-/m0/s1. The summed E-state index contributed by atoms with van der Waals surface area (Å²) >= 11 is 0. The summed E-state index contributed by atoms with van der Waals surface area (Å²) in [4.78, 5) is 22.0. The zero-order chi connectivity index (χ0) is 28.4. The van der Waals surface area contributed by atoms with E-state index in [1.165, 1.54) is 0 Å². The van der Waals surface area contributed by atoms with E-state index in [1.807, 2.05) is 68.4 Å². The molecule has 208 valence electrons. The van der Waals surface area contributed by atoms with Crippen molar-refractivity contribution in [3.63, 3.8) is 0 Å². The van der Waals surface area contributed by atoms with E-state index in [0.29, 0.717) is 54.0 Å². The smallest absolute Gasteiger partial charge is 0.266 e. The third-order valence-electron chi connectivity index (χ3n) is 6.45. The molecular weight excluding hydrogens is 508 g/mol. The van der Waals surface area contributed by atoms with Crippen molar-refractivity contribution in [1.29, 1.82) is 0 Å². The van der Waals surface area contributed by atoms with Gasteiger partial charge in [-0.15, -0.1) is 0 Å². The molecule has 10 heteroatoms. The first-order chi connectivity index (χ1) is 19.5. The lowest BCUT2D eigenvalue weighted by atomic mass is 9.81. The summed E-state index contributed by atoms with van der Waals surface area (Å²) in [6, 6.07) is 23.9. The highest BCUT2D eigenvalue weighted by Gasteiger charge is 2.53. The summed E-state index contributed by atoms with van der Waals surface area (Å²) in [5, 5.41) is 12.9. The van der Waals surface area contributed by atoms with Crippen LogP contribution in [0.5, 0.6) is 5.75 Å². The number of rotatable bonds is 13. The quantitative estimate of drug-likeness (QED) is 0.0899. The number of nitrogens with one attached hydrogen (secondary N) is 2. The molecule has 0 spiro atoms. The fourth-order valence-electron chi connectivity index (χ4n) is 4.45. The van der Waals surface area contributed by atoms with E-state index in [2.05, 4.69) is 20.9 Å². The Kier molecular flexibility index (Phi) is 9.75. The summed E-state index contributed by atoms with van der Waals surface area (Å²) in [7, 11) is 0. The van der Waals surface area contributed by atoms with Crippen LogP contribution in [-0.4, -0.2) is 42.2 Å². The van der Waals surface area contributed by atoms with Crippen LogP contribution in [-0.2, 0) is 16.0 Å². The summed E-state index contributed by atoms with van der Waals surface area (Å²) in [5.41, 5.74) is 16.2. The average molecular weight is 543 g/mol. The van der Waals surface area contributed by atoms with Crippen molar-refractivity contribution in [2.75, 3.05) is 19.8 Å². The molecule has 1 heterocycles. The van der Waals surface area contributed by atoms with Gasteiger partial charge >= 0.3 is 0 Å². The molecule has 0 radical (unpaired) electrons. The van der Waals surface area contributed by atoms with Crippen LogP contribution in [0.15, 0.2) is 89.0 Å². The summed E-state index contributed by atoms with van der Waals surface area (Å²) < 4.78 is 12.2. The SMILES string of the molecule is CC(C)CNNC(=O)[C@@]1(Cc2ccccc2N=[N+]=[N-])N=C(c2ccc(OCCCO)cc2)O[C@H]1c1ccccc1. The lowest BCUT2D eigenvalue weighted by molar-refractivity contribution is -0.130. The first-order valence-electron chi connectivity index (χ1n) is 13.3. The van der Waals surface area contributed by atoms with Crippen LogP contribution in [0.1, 0.15) is 43.1 Å². The number of aliphatic imine (C=N–C) groups is 1. The Morgan fingerprint density at radius 1 is 1.12 bits per heavy atom. The molecule has 0 aliphatic carbocycles. The molecule has 10 nitrogen and oxygen atoms in total. The number of carbonyl (C=O) groups excluding carboxylic acids is 1. The van der Waals surface area contributed by atoms with Crippen molar-refractivity contribution in [1.82, 2.24) is 10.9 Å². The van der Waals surface area contributed by atoms with Crippen molar-refractivity contribution in [2.45, 2.75) is 38.3 Å². The Hall–Kier alpha value is -4.37. The maximum absolute atomic E-state index is 14.1. The third kappa shape index (κ3) is 6.79. The van der Waals surface area contributed by atoms with Gasteiger partial charge in [-0.3, -0.25) is 10.2 Å². The molecule has 2 atom stereocenters. The van der Waals surface area contributed by atoms with Gasteiger partial charge in [-0.1, -0.05) is 73.6 Å². The molecule has 0 bridgehead atoms. The predicted molar refractivity (Wildman–Crippen MR) is 153 cm³/mol. The summed E-state index contributed by atoms with van der Waals surface area (Å²) in [6.07, 6.45) is -0.0944. The number of ether oxygens (including phenoxy) is 2. The largest absolute Gasteiger partial charge is 0.494 e. The van der Waals surface area contributed by atoms with Gasteiger partial charge in [0.25, 0.3) is 5.91 Å². The van der Waals surface area contributed by atoms with E-state index < -0.39 is 11.6 Å². The zero-order valence-corrected chi connectivity index (χ0v) is 22.7. The second-order valence-electron chi connectivity index (χ2n) is 9.92. The van der Waals surface area contributed by atoms with Crippen molar-refractivity contribution in [2.24, 2.45) is 16.0 Å². The van der Waals surface area contributed by atoms with Gasteiger partial charge < -0.3 is 14.6 Å². The molecule has 3 aromatic rings. The van der Waals surface area contributed by atoms with Crippen LogP contribution < -0.4 is 15.6 Å². The fraction of sp³-hybridized carbons (Fsp3) is 0.333. The van der Waals surface area contributed by atoms with Crippen molar-refractivity contribution in [3.8, 4) is 5.75 Å². The molecule has 0 saturated heterocycles. The van der Waals surface area contributed by atoms with E-state index in [-0.39, 0.29) is 18.9 Å². The minimum Gasteiger partial charge on any atom is -0.494 e. The van der Waals surface area contributed by atoms with Crippen molar-refractivity contribution < 1.29 is 19.4 Å². The number of hydrazine groups is 1. The highest BCUT2D eigenvalue weighted by atomic mass is 16.5. The molecule has 0 aromatic heterocycles. The lowest BCUT2D eigenvalue weighted by Gasteiger charge is -2.31. The molecule has 0 saturated carbocycles. The normalized spacial score (nSPS) is 18.0. The lowest BCUT2D eigenvalue weighted by Crippen LogP contribution is -2.54. The predicted octanol–water partition coefficient (Wildman–Crippen LogP) is 5.17. The third-order valence-corrected chi connectivity index (χ3v) is 6.45. The fourth-order valence-corrected chi connectivity index (χ4v) is 4.45. The van der Waals surface area contributed by atoms with Gasteiger partial charge in [0, 0.05) is 42.2 Å². The zero-order valence-electron chi connectivity index (χ0n) is 22.7. The molecule has 0 unspecified atom stereocenters. The van der Waals surface area contributed by atoms with E-state index >= 15 is 0 Å². The molecule has 1 aliphatic rings. The van der Waals surface area contributed by atoms with Crippen LogP contribution >= 0.6 is 0 Å². The molecule has 1 amide bonds. The Morgan fingerprint density at radius 3 is 2.55 bits per heavy atom. The molecule has 4 rings (SSSR count). The van der Waals surface area contributed by atoms with Crippen molar-refractivity contribution in [3.05, 3.63) is 106 Å². The number of benzene rings is 3. The van der Waals surface area contributed by atoms with Gasteiger partial charge in [-0.2, -0.15) is 0 Å². The average Bonchev–Trinajstić information content (AvgIpc) is 3.35. The van der Waals surface area contributed by atoms with Gasteiger partial charge in [-0.25, -0.2) is 10.4 Å². The number of aliphatic hydroxyl groups is 1. The van der Waals surface area contributed by atoms with E-state index in [0.717, 1.165) is 5.56 Å². The highest BCUT2D eigenvalue weighted by Crippen LogP contribution is 2.43. The Balaban J connectivity index is 1.79. The number of hydrogen-bond acceptors (Lipinski definition) is 7. The first-order valence-corrected chi connectivity index (χ1v) is 13.3. The molecule has 3 aromatic carbocycles. The van der Waals surface area contributed by atoms with Gasteiger partial charge in [-0.05, 0) is 46.8 Å². The maximum Gasteiger partial charge on any atom is 0.266 e. The highest BCUT2D eigenvalue weighted by molar-refractivity contribution is 6.01. The molecule has 40 heavy (non-hydrogen) atoms. The minimum absolute atomic E-state index is 0.0581. The molecular formula is C30H34N6O4. The van der Waals surface area contributed by atoms with E-state index in [4.69, 9.17) is 25.1 Å². The maximum atomic E-state index is 14.1. The molecule has 1 aliphatic heterocycles. The number of azide groups is 1. The number of nitrogens with zero attached hydrogens (tertiary/aromatic N) is 4. The van der Waals surface area contributed by atoms with Crippen molar-refractivity contribution >= 4 is 17.5 Å². The van der Waals surface area contributed by atoms with Gasteiger partial charge in [0.2, 0.25) is 5.90 Å². The van der Waals surface area contributed by atoms with Gasteiger partial charge in [0.1, 0.15) is 5.75 Å². The Labute approximate surface area is 233 Å². The summed E-state index contributed by atoms with van der Waals surface area (Å²) in [6.45, 7) is 5.12. The summed E-state index contributed by atoms with van der Waals surface area (Å²) in [5.74, 6) is 0.914. The number of amides is 1. The minimum atomic E-state index is -1.42. The van der Waals surface area contributed by atoms with Crippen LogP contribution in [0, 0.1) is 5.92 Å². The number of carbonyl (C=O) groups is 1. The van der Waals surface area contributed by atoms with E-state index in [1.54, 1.807) is 24.3 Å². The monoisotopic (exact) mass is 542 g/mol. The molecule has 0 fully saturated rings. The van der Waals surface area contributed by atoms with Crippen LogP contribution in [0.4, 0.5) is 5.69 Å². The Bertz CT molecular complexity index is 1360. The van der Waals surface area contributed by atoms with Crippen LogP contribution in [0.25, 0.3) is 10.4 Å². The second-order valence-corrected chi connectivity index (χ2v) is 9.92. The first kappa shape index (κ1) is 28.6. The molecule has 3 N–H and O–H groups in total. The van der Waals surface area contributed by atoms with Gasteiger partial charge in [0.05, 0.1) is 6.61 Å². The Morgan fingerprint density at radius 2 is 1.85 bits per heavy atom. The topological polar surface area (TPSA) is 141 Å². The number of hydrogen-bond donors (Lipinski definition) is 3.